The normalized spacial score (nSPS) is 33.4. The second-order valence-electron chi connectivity index (χ2n) is 4.16. The molecule has 0 aliphatic carbocycles. The van der Waals surface area contributed by atoms with Gasteiger partial charge in [0.05, 0.1) is 5.92 Å². The maximum atomic E-state index is 12.0. The number of nitrogens with zero attached hydrogens (tertiary/aromatic N) is 1. The Balaban J connectivity index is 1.89. The molecule has 2 fully saturated rings. The highest BCUT2D eigenvalue weighted by molar-refractivity contribution is 7.99. The molecule has 0 spiro atoms. The Hall–Kier alpha value is -0.220. The van der Waals surface area contributed by atoms with Crippen LogP contribution in [-0.2, 0) is 4.79 Å². The third-order valence-electron chi connectivity index (χ3n) is 2.96. The number of hydrogen-bond donors (Lipinski definition) is 1. The summed E-state index contributed by atoms with van der Waals surface area (Å²) in [5.74, 6) is 1.74. The minimum absolute atomic E-state index is 0.255. The van der Waals surface area contributed by atoms with Gasteiger partial charge in [-0.1, -0.05) is 6.92 Å². The predicted molar refractivity (Wildman–Crippen MR) is 59.5 cm³/mol. The zero-order valence-electron chi connectivity index (χ0n) is 8.66. The zero-order chi connectivity index (χ0) is 9.97. The van der Waals surface area contributed by atoms with E-state index in [0.29, 0.717) is 11.2 Å². The first-order valence-electron chi connectivity index (χ1n) is 5.38. The van der Waals surface area contributed by atoms with Crippen LogP contribution in [0.25, 0.3) is 0 Å². The van der Waals surface area contributed by atoms with E-state index in [1.165, 1.54) is 0 Å². The summed E-state index contributed by atoms with van der Waals surface area (Å²) in [6.45, 7) is 5.99. The Labute approximate surface area is 89.6 Å². The van der Waals surface area contributed by atoms with Crippen molar-refractivity contribution in [1.82, 2.24) is 10.2 Å². The van der Waals surface area contributed by atoms with Crippen LogP contribution in [0.15, 0.2) is 0 Å². The molecule has 2 atom stereocenters. The SMILES string of the molecule is CC1CN(C(=O)C2CCNC2)CCS1. The van der Waals surface area contributed by atoms with Crippen LogP contribution in [0.1, 0.15) is 13.3 Å². The highest BCUT2D eigenvalue weighted by Crippen LogP contribution is 2.20. The van der Waals surface area contributed by atoms with Crippen LogP contribution in [0.2, 0.25) is 0 Å². The van der Waals surface area contributed by atoms with Gasteiger partial charge < -0.3 is 10.2 Å². The van der Waals surface area contributed by atoms with Gasteiger partial charge in [0.25, 0.3) is 0 Å². The van der Waals surface area contributed by atoms with E-state index in [-0.39, 0.29) is 5.92 Å². The van der Waals surface area contributed by atoms with Crippen LogP contribution in [0.5, 0.6) is 0 Å². The number of nitrogens with one attached hydrogen (secondary N) is 1. The lowest BCUT2D eigenvalue weighted by atomic mass is 10.1. The molecule has 0 aromatic carbocycles. The van der Waals surface area contributed by atoms with E-state index in [0.717, 1.165) is 38.4 Å². The molecule has 2 heterocycles. The molecule has 0 radical (unpaired) electrons. The summed E-state index contributed by atoms with van der Waals surface area (Å²) in [4.78, 5) is 14.1. The van der Waals surface area contributed by atoms with Gasteiger partial charge in [-0.3, -0.25) is 4.79 Å². The molecule has 14 heavy (non-hydrogen) atoms. The maximum absolute atomic E-state index is 12.0. The fourth-order valence-electron chi connectivity index (χ4n) is 2.14. The number of hydrogen-bond acceptors (Lipinski definition) is 3. The van der Waals surface area contributed by atoms with Crippen molar-refractivity contribution in [3.63, 3.8) is 0 Å². The van der Waals surface area contributed by atoms with Crippen LogP contribution in [0, 0.1) is 5.92 Å². The van der Waals surface area contributed by atoms with Crippen LogP contribution >= 0.6 is 11.8 Å². The molecular weight excluding hydrogens is 196 g/mol. The van der Waals surface area contributed by atoms with E-state index in [9.17, 15) is 4.79 Å². The van der Waals surface area contributed by atoms with Crippen molar-refractivity contribution in [2.45, 2.75) is 18.6 Å². The standard InChI is InChI=1S/C10H18N2OS/c1-8-7-12(4-5-14-8)10(13)9-2-3-11-6-9/h8-9,11H,2-7H2,1H3. The van der Waals surface area contributed by atoms with Crippen LogP contribution in [-0.4, -0.2) is 48.0 Å². The second-order valence-corrected chi connectivity index (χ2v) is 5.70. The zero-order valence-corrected chi connectivity index (χ0v) is 9.48. The number of amides is 1. The average molecular weight is 214 g/mol. The smallest absolute Gasteiger partial charge is 0.227 e. The van der Waals surface area contributed by atoms with Gasteiger partial charge in [0.2, 0.25) is 5.91 Å². The topological polar surface area (TPSA) is 32.3 Å². The summed E-state index contributed by atoms with van der Waals surface area (Å²) in [5.41, 5.74) is 0. The Morgan fingerprint density at radius 3 is 3.07 bits per heavy atom. The molecule has 2 saturated heterocycles. The average Bonchev–Trinajstić information content (AvgIpc) is 2.69. The van der Waals surface area contributed by atoms with Crippen molar-refractivity contribution in [1.29, 1.82) is 0 Å². The number of carbonyl (C=O) groups excluding carboxylic acids is 1. The van der Waals surface area contributed by atoms with Crippen LogP contribution in [0.4, 0.5) is 0 Å². The maximum Gasteiger partial charge on any atom is 0.227 e. The first-order chi connectivity index (χ1) is 6.77. The molecule has 2 aliphatic heterocycles. The second kappa shape index (κ2) is 4.53. The van der Waals surface area contributed by atoms with Gasteiger partial charge in [0, 0.05) is 30.6 Å². The van der Waals surface area contributed by atoms with Gasteiger partial charge in [-0.25, -0.2) is 0 Å². The van der Waals surface area contributed by atoms with Crippen molar-refractivity contribution in [3.05, 3.63) is 0 Å². The van der Waals surface area contributed by atoms with Crippen molar-refractivity contribution in [2.75, 3.05) is 31.9 Å². The number of carbonyl (C=O) groups is 1. The summed E-state index contributed by atoms with van der Waals surface area (Å²) in [5, 5.41) is 3.86. The van der Waals surface area contributed by atoms with Gasteiger partial charge >= 0.3 is 0 Å². The predicted octanol–water partition coefficient (Wildman–Crippen LogP) is 0.560. The lowest BCUT2D eigenvalue weighted by Crippen LogP contribution is -2.44. The third-order valence-corrected chi connectivity index (χ3v) is 4.10. The minimum atomic E-state index is 0.255. The van der Waals surface area contributed by atoms with Gasteiger partial charge in [0.1, 0.15) is 0 Å². The molecule has 2 rings (SSSR count). The Morgan fingerprint density at radius 2 is 2.43 bits per heavy atom. The lowest BCUT2D eigenvalue weighted by molar-refractivity contribution is -0.134. The van der Waals surface area contributed by atoms with E-state index >= 15 is 0 Å². The largest absolute Gasteiger partial charge is 0.340 e. The quantitative estimate of drug-likeness (QED) is 0.692. The number of rotatable bonds is 1. The van der Waals surface area contributed by atoms with Crippen molar-refractivity contribution in [3.8, 4) is 0 Å². The van der Waals surface area contributed by atoms with E-state index < -0.39 is 0 Å². The Bertz CT molecular complexity index is 216. The molecule has 2 unspecified atom stereocenters. The fraction of sp³-hybridized carbons (Fsp3) is 0.900. The monoisotopic (exact) mass is 214 g/mol. The first kappa shape index (κ1) is 10.3. The number of thioether (sulfide) groups is 1. The van der Waals surface area contributed by atoms with E-state index in [1.54, 1.807) is 0 Å². The fourth-order valence-corrected chi connectivity index (χ4v) is 3.16. The summed E-state index contributed by atoms with van der Waals surface area (Å²) < 4.78 is 0. The summed E-state index contributed by atoms with van der Waals surface area (Å²) >= 11 is 1.97. The summed E-state index contributed by atoms with van der Waals surface area (Å²) in [7, 11) is 0. The molecule has 4 heteroatoms. The molecule has 2 aliphatic rings. The summed E-state index contributed by atoms with van der Waals surface area (Å²) in [6, 6.07) is 0. The molecule has 1 N–H and O–H groups in total. The third kappa shape index (κ3) is 2.23. The van der Waals surface area contributed by atoms with Gasteiger partial charge in [0.15, 0.2) is 0 Å². The molecule has 0 saturated carbocycles. The van der Waals surface area contributed by atoms with Gasteiger partial charge in [-0.2, -0.15) is 11.8 Å². The van der Waals surface area contributed by atoms with E-state index in [2.05, 4.69) is 17.1 Å². The highest BCUT2D eigenvalue weighted by atomic mass is 32.2. The van der Waals surface area contributed by atoms with Gasteiger partial charge in [-0.05, 0) is 13.0 Å². The Kier molecular flexibility index (Phi) is 3.34. The molecule has 80 valence electrons. The van der Waals surface area contributed by atoms with Gasteiger partial charge in [-0.15, -0.1) is 0 Å². The van der Waals surface area contributed by atoms with Crippen LogP contribution < -0.4 is 5.32 Å². The van der Waals surface area contributed by atoms with Crippen molar-refractivity contribution in [2.24, 2.45) is 5.92 Å². The molecule has 1 amide bonds. The molecule has 0 aromatic heterocycles. The van der Waals surface area contributed by atoms with Crippen molar-refractivity contribution >= 4 is 17.7 Å². The summed E-state index contributed by atoms with van der Waals surface area (Å²) in [6.07, 6.45) is 1.02. The molecule has 3 nitrogen and oxygen atoms in total. The first-order valence-corrected chi connectivity index (χ1v) is 6.43. The molecule has 0 aromatic rings. The van der Waals surface area contributed by atoms with Crippen molar-refractivity contribution < 1.29 is 4.79 Å². The molecular formula is C10H18N2OS. The van der Waals surface area contributed by atoms with Crippen LogP contribution in [0.3, 0.4) is 0 Å². The highest BCUT2D eigenvalue weighted by Gasteiger charge is 2.29. The van der Waals surface area contributed by atoms with E-state index in [4.69, 9.17) is 0 Å². The Morgan fingerprint density at radius 1 is 1.57 bits per heavy atom. The lowest BCUT2D eigenvalue weighted by Gasteiger charge is -2.32. The van der Waals surface area contributed by atoms with E-state index in [1.807, 2.05) is 11.8 Å². The molecule has 0 bridgehead atoms. The minimum Gasteiger partial charge on any atom is -0.340 e.